The first-order valence-electron chi connectivity index (χ1n) is 5.96. The summed E-state index contributed by atoms with van der Waals surface area (Å²) in [5.41, 5.74) is -0.223. The van der Waals surface area contributed by atoms with Crippen molar-refractivity contribution >= 4 is 11.9 Å². The third kappa shape index (κ3) is 1.76. The number of hydrogen-bond acceptors (Lipinski definition) is 3. The Labute approximate surface area is 105 Å². The highest BCUT2D eigenvalue weighted by atomic mass is 16.3. The normalized spacial score (nSPS) is 23.3. The maximum absolute atomic E-state index is 12.4. The van der Waals surface area contributed by atoms with Crippen molar-refractivity contribution in [1.82, 2.24) is 10.2 Å². The molecule has 5 nitrogen and oxygen atoms in total. The van der Waals surface area contributed by atoms with Crippen LogP contribution in [0.3, 0.4) is 0 Å². The van der Waals surface area contributed by atoms with Gasteiger partial charge in [0.1, 0.15) is 5.54 Å². The Morgan fingerprint density at radius 1 is 1.28 bits per heavy atom. The van der Waals surface area contributed by atoms with E-state index in [1.54, 1.807) is 0 Å². The number of nitrogens with one attached hydrogen (secondary N) is 1. The van der Waals surface area contributed by atoms with Gasteiger partial charge in [-0.2, -0.15) is 0 Å². The Morgan fingerprint density at radius 3 is 2.50 bits per heavy atom. The van der Waals surface area contributed by atoms with Gasteiger partial charge in [-0.3, -0.25) is 9.69 Å². The molecule has 3 amide bonds. The van der Waals surface area contributed by atoms with Crippen molar-refractivity contribution in [3.05, 3.63) is 35.9 Å². The van der Waals surface area contributed by atoms with E-state index in [1.165, 1.54) is 0 Å². The van der Waals surface area contributed by atoms with Crippen LogP contribution in [0, 0.1) is 0 Å². The quantitative estimate of drug-likeness (QED) is 0.776. The monoisotopic (exact) mass is 248 g/mol. The topological polar surface area (TPSA) is 69.6 Å². The fourth-order valence-electron chi connectivity index (χ4n) is 2.29. The molecule has 1 unspecified atom stereocenters. The Hall–Kier alpha value is -1.88. The van der Waals surface area contributed by atoms with E-state index in [9.17, 15) is 9.59 Å². The fraction of sp³-hybridized carbons (Fsp3) is 0.385. The molecule has 1 heterocycles. The summed E-state index contributed by atoms with van der Waals surface area (Å²) in [6.45, 7) is 1.65. The number of rotatable bonds is 4. The molecular formula is C13H16N2O3. The van der Waals surface area contributed by atoms with Crippen LogP contribution in [0.15, 0.2) is 30.3 Å². The number of imide groups is 1. The first-order chi connectivity index (χ1) is 8.65. The summed E-state index contributed by atoms with van der Waals surface area (Å²) >= 11 is 0. The Kier molecular flexibility index (Phi) is 3.34. The molecule has 0 radical (unpaired) electrons. The van der Waals surface area contributed by atoms with E-state index in [-0.39, 0.29) is 19.1 Å². The summed E-state index contributed by atoms with van der Waals surface area (Å²) in [6, 6.07) is 8.73. The minimum Gasteiger partial charge on any atom is -0.395 e. The number of urea groups is 1. The number of carbonyl (C=O) groups excluding carboxylic acids is 2. The van der Waals surface area contributed by atoms with Crippen LogP contribution in [0.2, 0.25) is 0 Å². The van der Waals surface area contributed by atoms with Crippen LogP contribution in [0.1, 0.15) is 18.9 Å². The van der Waals surface area contributed by atoms with Crippen molar-refractivity contribution in [2.24, 2.45) is 0 Å². The lowest BCUT2D eigenvalue weighted by Gasteiger charge is -2.25. The maximum Gasteiger partial charge on any atom is 0.325 e. The summed E-state index contributed by atoms with van der Waals surface area (Å²) < 4.78 is 0. The number of carbonyl (C=O) groups is 2. The van der Waals surface area contributed by atoms with Crippen molar-refractivity contribution < 1.29 is 14.7 Å². The molecule has 1 fully saturated rings. The third-order valence-electron chi connectivity index (χ3n) is 3.30. The average molecular weight is 248 g/mol. The number of hydrogen-bond donors (Lipinski definition) is 2. The smallest absolute Gasteiger partial charge is 0.325 e. The van der Waals surface area contributed by atoms with Crippen molar-refractivity contribution in [2.75, 3.05) is 13.2 Å². The van der Waals surface area contributed by atoms with Crippen LogP contribution in [-0.2, 0) is 10.3 Å². The number of aliphatic hydroxyl groups is 1. The van der Waals surface area contributed by atoms with E-state index in [0.717, 1.165) is 10.5 Å². The SMILES string of the molecule is CCC1(c2ccccc2)NC(=O)N(CCO)C1=O. The van der Waals surface area contributed by atoms with Gasteiger partial charge in [0.15, 0.2) is 0 Å². The number of amides is 3. The summed E-state index contributed by atoms with van der Waals surface area (Å²) in [5.74, 6) is -0.296. The maximum atomic E-state index is 12.4. The Morgan fingerprint density at radius 2 is 1.94 bits per heavy atom. The zero-order valence-corrected chi connectivity index (χ0v) is 10.2. The Balaban J connectivity index is 2.41. The number of aliphatic hydroxyl groups excluding tert-OH is 1. The zero-order chi connectivity index (χ0) is 13.2. The van der Waals surface area contributed by atoms with Crippen molar-refractivity contribution in [1.29, 1.82) is 0 Å². The average Bonchev–Trinajstić information content (AvgIpc) is 2.65. The van der Waals surface area contributed by atoms with Gasteiger partial charge >= 0.3 is 6.03 Å². The Bertz CT molecular complexity index is 461. The van der Waals surface area contributed by atoms with Crippen LogP contribution in [-0.4, -0.2) is 35.1 Å². The van der Waals surface area contributed by atoms with Crippen molar-refractivity contribution in [3.8, 4) is 0 Å². The lowest BCUT2D eigenvalue weighted by molar-refractivity contribution is -0.132. The molecule has 0 aromatic heterocycles. The molecule has 0 saturated carbocycles. The van der Waals surface area contributed by atoms with E-state index in [4.69, 9.17) is 5.11 Å². The molecule has 2 N–H and O–H groups in total. The molecule has 0 aliphatic carbocycles. The van der Waals surface area contributed by atoms with Gasteiger partial charge in [-0.1, -0.05) is 37.3 Å². The van der Waals surface area contributed by atoms with Crippen LogP contribution < -0.4 is 5.32 Å². The highest BCUT2D eigenvalue weighted by Gasteiger charge is 2.50. The van der Waals surface area contributed by atoms with Gasteiger partial charge in [0.2, 0.25) is 0 Å². The summed E-state index contributed by atoms with van der Waals surface area (Å²) in [4.78, 5) is 25.3. The molecule has 2 rings (SSSR count). The van der Waals surface area contributed by atoms with E-state index in [1.807, 2.05) is 37.3 Å². The molecule has 1 aliphatic heterocycles. The highest BCUT2D eigenvalue weighted by molar-refractivity contribution is 6.07. The number of nitrogens with zero attached hydrogens (tertiary/aromatic N) is 1. The first-order valence-corrected chi connectivity index (χ1v) is 5.96. The largest absolute Gasteiger partial charge is 0.395 e. The number of β-amino-alcohol motifs (C(OH)–C–C–N with tert-alkyl or cyclic N) is 1. The molecule has 18 heavy (non-hydrogen) atoms. The van der Waals surface area contributed by atoms with Crippen molar-refractivity contribution in [2.45, 2.75) is 18.9 Å². The van der Waals surface area contributed by atoms with E-state index < -0.39 is 11.6 Å². The standard InChI is InChI=1S/C13H16N2O3/c1-2-13(10-6-4-3-5-7-10)11(17)15(8-9-16)12(18)14-13/h3-7,16H,2,8-9H2,1H3,(H,14,18). The second kappa shape index (κ2) is 4.78. The molecule has 5 heteroatoms. The van der Waals surface area contributed by atoms with Crippen LogP contribution in [0.4, 0.5) is 4.79 Å². The summed E-state index contributed by atoms with van der Waals surface area (Å²) in [5, 5.41) is 11.6. The molecule has 1 aromatic carbocycles. The van der Waals surface area contributed by atoms with Gasteiger partial charge in [0.05, 0.1) is 13.2 Å². The van der Waals surface area contributed by atoms with E-state index in [2.05, 4.69) is 5.32 Å². The van der Waals surface area contributed by atoms with Gasteiger partial charge in [-0.05, 0) is 12.0 Å². The zero-order valence-electron chi connectivity index (χ0n) is 10.2. The first kappa shape index (κ1) is 12.6. The van der Waals surface area contributed by atoms with Gasteiger partial charge in [-0.15, -0.1) is 0 Å². The van der Waals surface area contributed by atoms with Gasteiger partial charge in [0.25, 0.3) is 5.91 Å². The van der Waals surface area contributed by atoms with E-state index >= 15 is 0 Å². The van der Waals surface area contributed by atoms with Crippen LogP contribution in [0.5, 0.6) is 0 Å². The lowest BCUT2D eigenvalue weighted by atomic mass is 9.87. The molecule has 1 aromatic rings. The summed E-state index contributed by atoms with van der Waals surface area (Å²) in [6.07, 6.45) is 0.476. The molecule has 1 aliphatic rings. The molecule has 96 valence electrons. The van der Waals surface area contributed by atoms with Crippen molar-refractivity contribution in [3.63, 3.8) is 0 Å². The summed E-state index contributed by atoms with van der Waals surface area (Å²) in [7, 11) is 0. The van der Waals surface area contributed by atoms with Crippen LogP contribution >= 0.6 is 0 Å². The molecule has 1 atom stereocenters. The van der Waals surface area contributed by atoms with Crippen LogP contribution in [0.25, 0.3) is 0 Å². The van der Waals surface area contributed by atoms with Gasteiger partial charge < -0.3 is 10.4 Å². The molecule has 0 bridgehead atoms. The third-order valence-corrected chi connectivity index (χ3v) is 3.30. The minimum atomic E-state index is -0.993. The fourth-order valence-corrected chi connectivity index (χ4v) is 2.29. The number of benzene rings is 1. The van der Waals surface area contributed by atoms with Gasteiger partial charge in [0, 0.05) is 0 Å². The molecule has 1 saturated heterocycles. The minimum absolute atomic E-state index is 0.0270. The second-order valence-corrected chi connectivity index (χ2v) is 4.24. The predicted octanol–water partition coefficient (Wildman–Crippen LogP) is 0.836. The highest BCUT2D eigenvalue weighted by Crippen LogP contribution is 2.31. The molecule has 0 spiro atoms. The molecular weight excluding hydrogens is 232 g/mol. The lowest BCUT2D eigenvalue weighted by Crippen LogP contribution is -2.43. The second-order valence-electron chi connectivity index (χ2n) is 4.24. The predicted molar refractivity (Wildman–Crippen MR) is 65.7 cm³/mol. The van der Waals surface area contributed by atoms with E-state index in [0.29, 0.717) is 6.42 Å². The van der Waals surface area contributed by atoms with Gasteiger partial charge in [-0.25, -0.2) is 4.79 Å².